The Bertz CT molecular complexity index is 1290. The zero-order chi connectivity index (χ0) is 24.7. The Morgan fingerprint density at radius 1 is 1.17 bits per heavy atom. The van der Waals surface area contributed by atoms with Gasteiger partial charge in [0.1, 0.15) is 16.4 Å². The number of fused-ring (bicyclic) bond motifs is 3. The second-order valence-electron chi connectivity index (χ2n) is 9.50. The Hall–Kier alpha value is -3.20. The summed E-state index contributed by atoms with van der Waals surface area (Å²) in [6.45, 7) is 4.92. The van der Waals surface area contributed by atoms with Crippen LogP contribution < -0.4 is 10.2 Å². The maximum atomic E-state index is 13.8. The Balaban J connectivity index is 1.46. The molecule has 10 heteroatoms. The lowest BCUT2D eigenvalue weighted by Gasteiger charge is -2.46. The lowest BCUT2D eigenvalue weighted by Crippen LogP contribution is -2.67. The summed E-state index contributed by atoms with van der Waals surface area (Å²) in [5, 5.41) is 3.24. The molecule has 2 aliphatic heterocycles. The summed E-state index contributed by atoms with van der Waals surface area (Å²) in [5.41, 5.74) is 2.31. The number of para-hydroxylation sites is 1. The van der Waals surface area contributed by atoms with Gasteiger partial charge in [-0.15, -0.1) is 0 Å². The average molecular weight is 499 g/mol. The SMILES string of the molecule is CC(C)NC(=O)N1CC2(C1)C(=O)N(Cc1nc3nc(Cl)ccc3n1CCCCF)c1ccccc12. The average Bonchev–Trinajstić information content (AvgIpc) is 3.24. The van der Waals surface area contributed by atoms with Crippen LogP contribution in [0.4, 0.5) is 14.9 Å². The van der Waals surface area contributed by atoms with Gasteiger partial charge in [0.25, 0.3) is 0 Å². The van der Waals surface area contributed by atoms with Crippen molar-refractivity contribution in [3.05, 3.63) is 52.9 Å². The molecule has 2 aromatic heterocycles. The molecule has 2 aliphatic rings. The monoisotopic (exact) mass is 498 g/mol. The summed E-state index contributed by atoms with van der Waals surface area (Å²) in [6, 6.07) is 11.2. The first-order chi connectivity index (χ1) is 16.8. The van der Waals surface area contributed by atoms with E-state index in [1.165, 1.54) is 0 Å². The van der Waals surface area contributed by atoms with Gasteiger partial charge in [0.2, 0.25) is 5.91 Å². The summed E-state index contributed by atoms with van der Waals surface area (Å²) in [5.74, 6) is 0.628. The second-order valence-corrected chi connectivity index (χ2v) is 9.89. The van der Waals surface area contributed by atoms with Crippen LogP contribution in [0.15, 0.2) is 36.4 Å². The molecule has 35 heavy (non-hydrogen) atoms. The standard InChI is InChI=1S/C25H28ClFN6O2/c1-16(2)28-24(35)31-14-25(15-31)17-7-3-4-8-18(17)33(23(25)34)13-21-30-22-19(9-10-20(26)29-22)32(21)12-6-5-11-27/h3-4,7-10,16H,5-6,11-15H2,1-2H3,(H,28,35). The molecule has 1 saturated heterocycles. The number of rotatable bonds is 7. The van der Waals surface area contributed by atoms with E-state index >= 15 is 0 Å². The van der Waals surface area contributed by atoms with Crippen molar-refractivity contribution in [1.82, 2.24) is 24.8 Å². The topological polar surface area (TPSA) is 83.4 Å². The van der Waals surface area contributed by atoms with Crippen LogP contribution in [0.1, 0.15) is 38.1 Å². The number of nitrogens with zero attached hydrogens (tertiary/aromatic N) is 5. The summed E-state index contributed by atoms with van der Waals surface area (Å²) in [7, 11) is 0. The molecule has 1 fully saturated rings. The summed E-state index contributed by atoms with van der Waals surface area (Å²) in [6.07, 6.45) is 1.09. The van der Waals surface area contributed by atoms with E-state index < -0.39 is 5.41 Å². The second kappa shape index (κ2) is 9.11. The first kappa shape index (κ1) is 23.5. The van der Waals surface area contributed by atoms with E-state index in [4.69, 9.17) is 16.6 Å². The third-order valence-electron chi connectivity index (χ3n) is 6.71. The van der Waals surface area contributed by atoms with E-state index in [2.05, 4.69) is 10.3 Å². The molecule has 0 unspecified atom stereocenters. The number of pyridine rings is 1. The molecule has 0 radical (unpaired) electrons. The molecule has 0 saturated carbocycles. The minimum absolute atomic E-state index is 0.0228. The van der Waals surface area contributed by atoms with Gasteiger partial charge >= 0.3 is 6.03 Å². The molecule has 1 N–H and O–H groups in total. The zero-order valence-electron chi connectivity index (χ0n) is 19.8. The van der Waals surface area contributed by atoms with E-state index in [1.54, 1.807) is 15.9 Å². The normalized spacial score (nSPS) is 16.3. The van der Waals surface area contributed by atoms with Crippen LogP contribution in [0.3, 0.4) is 0 Å². The van der Waals surface area contributed by atoms with E-state index in [0.717, 1.165) is 16.8 Å². The number of unbranched alkanes of at least 4 members (excludes halogenated alkanes) is 1. The number of hydrogen-bond donors (Lipinski definition) is 1. The number of urea groups is 1. The fourth-order valence-corrected chi connectivity index (χ4v) is 5.20. The number of carbonyl (C=O) groups is 2. The molecule has 8 nitrogen and oxygen atoms in total. The predicted octanol–water partition coefficient (Wildman–Crippen LogP) is 4.05. The molecule has 1 spiro atoms. The number of likely N-dealkylation sites (tertiary alicyclic amines) is 1. The maximum Gasteiger partial charge on any atom is 0.317 e. The third-order valence-corrected chi connectivity index (χ3v) is 6.92. The highest BCUT2D eigenvalue weighted by atomic mass is 35.5. The van der Waals surface area contributed by atoms with Gasteiger partial charge in [0, 0.05) is 31.4 Å². The molecule has 5 rings (SSSR count). The van der Waals surface area contributed by atoms with Crippen LogP contribution in [0.5, 0.6) is 0 Å². The van der Waals surface area contributed by atoms with Gasteiger partial charge in [-0.3, -0.25) is 9.18 Å². The number of halogens is 2. The number of carbonyl (C=O) groups excluding carboxylic acids is 2. The van der Waals surface area contributed by atoms with Crippen LogP contribution in [0.2, 0.25) is 5.15 Å². The predicted molar refractivity (Wildman–Crippen MR) is 132 cm³/mol. The number of benzene rings is 1. The smallest absolute Gasteiger partial charge is 0.317 e. The Kier molecular flexibility index (Phi) is 6.13. The molecular weight excluding hydrogens is 471 g/mol. The number of amides is 3. The van der Waals surface area contributed by atoms with Gasteiger partial charge in [0.05, 0.1) is 18.7 Å². The quantitative estimate of drug-likeness (QED) is 0.393. The molecule has 3 amide bonds. The van der Waals surface area contributed by atoms with Crippen molar-refractivity contribution >= 4 is 40.4 Å². The molecule has 4 heterocycles. The third kappa shape index (κ3) is 4.01. The number of hydrogen-bond acceptors (Lipinski definition) is 4. The highest BCUT2D eigenvalue weighted by Gasteiger charge is 2.59. The largest absolute Gasteiger partial charge is 0.336 e. The molecule has 0 aliphatic carbocycles. The molecule has 3 aromatic rings. The van der Waals surface area contributed by atoms with Gasteiger partial charge in [-0.1, -0.05) is 29.8 Å². The highest BCUT2D eigenvalue weighted by Crippen LogP contribution is 2.47. The van der Waals surface area contributed by atoms with Crippen molar-refractivity contribution in [2.24, 2.45) is 0 Å². The number of aryl methyl sites for hydroxylation is 1. The number of imidazole rings is 1. The Morgan fingerprint density at radius 2 is 1.94 bits per heavy atom. The van der Waals surface area contributed by atoms with Gasteiger partial charge in [-0.05, 0) is 50.5 Å². The number of aromatic nitrogens is 3. The maximum absolute atomic E-state index is 13.8. The van der Waals surface area contributed by atoms with Gasteiger partial charge in [-0.2, -0.15) is 0 Å². The minimum atomic E-state index is -0.752. The number of nitrogens with one attached hydrogen (secondary N) is 1. The number of anilines is 1. The van der Waals surface area contributed by atoms with E-state index in [1.807, 2.05) is 48.7 Å². The van der Waals surface area contributed by atoms with Crippen molar-refractivity contribution in [2.75, 3.05) is 24.7 Å². The molecule has 0 atom stereocenters. The van der Waals surface area contributed by atoms with Crippen LogP contribution in [0.25, 0.3) is 11.2 Å². The minimum Gasteiger partial charge on any atom is -0.336 e. The fraction of sp³-hybridized carbons (Fsp3) is 0.440. The van der Waals surface area contributed by atoms with Gasteiger partial charge in [0.15, 0.2) is 5.65 Å². The van der Waals surface area contributed by atoms with Crippen LogP contribution in [-0.2, 0) is 23.3 Å². The summed E-state index contributed by atoms with van der Waals surface area (Å²) >= 11 is 6.09. The van der Waals surface area contributed by atoms with Crippen LogP contribution >= 0.6 is 11.6 Å². The first-order valence-electron chi connectivity index (χ1n) is 11.9. The van der Waals surface area contributed by atoms with Crippen molar-refractivity contribution in [3.63, 3.8) is 0 Å². The summed E-state index contributed by atoms with van der Waals surface area (Å²) in [4.78, 5) is 38.8. The van der Waals surface area contributed by atoms with Crippen molar-refractivity contribution < 1.29 is 14.0 Å². The zero-order valence-corrected chi connectivity index (χ0v) is 20.6. The van der Waals surface area contributed by atoms with Crippen molar-refractivity contribution in [1.29, 1.82) is 0 Å². The van der Waals surface area contributed by atoms with Crippen LogP contribution in [0, 0.1) is 0 Å². The number of alkyl halides is 1. The summed E-state index contributed by atoms with van der Waals surface area (Å²) < 4.78 is 14.8. The molecular formula is C25H28ClFN6O2. The van der Waals surface area contributed by atoms with Crippen molar-refractivity contribution in [2.45, 2.75) is 51.2 Å². The van der Waals surface area contributed by atoms with E-state index in [0.29, 0.717) is 49.1 Å². The molecule has 184 valence electrons. The fourth-order valence-electron chi connectivity index (χ4n) is 5.05. The van der Waals surface area contributed by atoms with Crippen LogP contribution in [-0.4, -0.2) is 57.2 Å². The lowest BCUT2D eigenvalue weighted by atomic mass is 9.75. The Labute approximate surface area is 208 Å². The van der Waals surface area contributed by atoms with Gasteiger partial charge in [-0.25, -0.2) is 14.8 Å². The van der Waals surface area contributed by atoms with E-state index in [-0.39, 0.29) is 31.2 Å². The van der Waals surface area contributed by atoms with Crippen molar-refractivity contribution in [3.8, 4) is 0 Å². The Morgan fingerprint density at radius 3 is 2.69 bits per heavy atom. The van der Waals surface area contributed by atoms with E-state index in [9.17, 15) is 14.0 Å². The van der Waals surface area contributed by atoms with Gasteiger partial charge < -0.3 is 19.7 Å². The highest BCUT2D eigenvalue weighted by molar-refractivity contribution is 6.29. The molecule has 1 aromatic carbocycles. The first-order valence-corrected chi connectivity index (χ1v) is 12.3. The lowest BCUT2D eigenvalue weighted by molar-refractivity contribution is -0.127. The molecule has 0 bridgehead atoms.